The van der Waals surface area contributed by atoms with Crippen molar-refractivity contribution < 1.29 is 18.9 Å². The molecule has 4 N–H and O–H groups in total. The zero-order chi connectivity index (χ0) is 16.8. The van der Waals surface area contributed by atoms with Gasteiger partial charge in [0.25, 0.3) is 0 Å². The van der Waals surface area contributed by atoms with Crippen LogP contribution >= 0.6 is 0 Å². The highest BCUT2D eigenvalue weighted by Gasteiger charge is 2.58. The zero-order valence-corrected chi connectivity index (χ0v) is 14.7. The van der Waals surface area contributed by atoms with Crippen LogP contribution in [0.2, 0.25) is 0 Å². The van der Waals surface area contributed by atoms with E-state index in [4.69, 9.17) is 30.4 Å². The Balaban J connectivity index is 1.62. The lowest BCUT2D eigenvalue weighted by molar-refractivity contribution is -0.0106. The van der Waals surface area contributed by atoms with Gasteiger partial charge in [-0.15, -0.1) is 0 Å². The van der Waals surface area contributed by atoms with Crippen molar-refractivity contribution in [1.82, 2.24) is 0 Å². The van der Waals surface area contributed by atoms with Crippen LogP contribution in [-0.4, -0.2) is 56.5 Å². The average Bonchev–Trinajstić information content (AvgIpc) is 3.30. The molecule has 24 heavy (non-hydrogen) atoms. The molecule has 0 aliphatic carbocycles. The molecule has 0 aromatic heterocycles. The van der Waals surface area contributed by atoms with Crippen LogP contribution in [0.25, 0.3) is 0 Å². The highest BCUT2D eigenvalue weighted by molar-refractivity contribution is 5.09. The van der Waals surface area contributed by atoms with E-state index in [1.54, 1.807) is 0 Å². The monoisotopic (exact) mass is 340 g/mol. The summed E-state index contributed by atoms with van der Waals surface area (Å²) in [6, 6.07) is 0. The van der Waals surface area contributed by atoms with Gasteiger partial charge in [-0.1, -0.05) is 13.3 Å². The lowest BCUT2D eigenvalue weighted by atomic mass is 9.58. The molecule has 4 aliphatic heterocycles. The molecule has 4 fully saturated rings. The lowest BCUT2D eigenvalue weighted by Crippen LogP contribution is -2.66. The predicted octanol–water partition coefficient (Wildman–Crippen LogP) is 1.16. The van der Waals surface area contributed by atoms with E-state index in [1.165, 1.54) is 0 Å². The lowest BCUT2D eigenvalue weighted by Gasteiger charge is -2.51. The van der Waals surface area contributed by atoms with Crippen molar-refractivity contribution in [2.24, 2.45) is 22.8 Å². The van der Waals surface area contributed by atoms with Crippen molar-refractivity contribution in [3.63, 3.8) is 0 Å². The molecule has 4 saturated heterocycles. The zero-order valence-electron chi connectivity index (χ0n) is 14.7. The molecule has 6 heteroatoms. The van der Waals surface area contributed by atoms with Crippen LogP contribution in [0, 0.1) is 11.3 Å². The largest absolute Gasteiger partial charge is 0.373 e. The van der Waals surface area contributed by atoms with Crippen LogP contribution in [-0.2, 0) is 18.9 Å². The van der Waals surface area contributed by atoms with Gasteiger partial charge < -0.3 is 30.4 Å². The summed E-state index contributed by atoms with van der Waals surface area (Å²) in [4.78, 5) is 0. The van der Waals surface area contributed by atoms with Crippen LogP contribution in [0.1, 0.15) is 45.4 Å². The maximum absolute atomic E-state index is 6.86. The molecule has 6 nitrogen and oxygen atoms in total. The van der Waals surface area contributed by atoms with E-state index in [1.807, 2.05) is 0 Å². The molecule has 0 saturated carbocycles. The standard InChI is InChI=1S/C18H32N2O4/c1-2-3-12(4-13-8-21-13)17(5-14-9-22-14,6-15-10-23-15)18(19,20)7-16-11-24-16/h12-16H,2-11,19-20H2,1H3. The fourth-order valence-electron chi connectivity index (χ4n) is 4.62. The molecule has 0 radical (unpaired) electrons. The van der Waals surface area contributed by atoms with Crippen molar-refractivity contribution in [3.8, 4) is 0 Å². The maximum atomic E-state index is 6.86. The molecule has 0 spiro atoms. The molecule has 0 bridgehead atoms. The van der Waals surface area contributed by atoms with E-state index in [-0.39, 0.29) is 11.5 Å². The Bertz CT molecular complexity index is 428. The second kappa shape index (κ2) is 6.49. The van der Waals surface area contributed by atoms with Gasteiger partial charge in [-0.2, -0.15) is 0 Å². The first-order valence-corrected chi connectivity index (χ1v) is 9.56. The van der Waals surface area contributed by atoms with E-state index in [9.17, 15) is 0 Å². The third-order valence-electron chi connectivity index (χ3n) is 6.25. The first kappa shape index (κ1) is 17.2. The molecule has 138 valence electrons. The number of nitrogens with two attached hydrogens (primary N) is 2. The summed E-state index contributed by atoms with van der Waals surface area (Å²) in [5.41, 5.74) is 12.8. The minimum atomic E-state index is -0.763. The Morgan fingerprint density at radius 2 is 1.29 bits per heavy atom. The fourth-order valence-corrected chi connectivity index (χ4v) is 4.62. The first-order valence-electron chi connectivity index (χ1n) is 9.56. The Morgan fingerprint density at radius 3 is 1.71 bits per heavy atom. The number of hydrogen-bond acceptors (Lipinski definition) is 6. The highest BCUT2D eigenvalue weighted by atomic mass is 16.6. The summed E-state index contributed by atoms with van der Waals surface area (Å²) in [5.74, 6) is 0.442. The van der Waals surface area contributed by atoms with Gasteiger partial charge in [0, 0.05) is 11.8 Å². The summed E-state index contributed by atoms with van der Waals surface area (Å²) in [5, 5.41) is 0. The third kappa shape index (κ3) is 3.94. The van der Waals surface area contributed by atoms with Gasteiger partial charge in [0.1, 0.15) is 0 Å². The molecule has 4 heterocycles. The Labute approximate surface area is 144 Å². The van der Waals surface area contributed by atoms with Gasteiger partial charge in [0.05, 0.1) is 56.5 Å². The van der Waals surface area contributed by atoms with Crippen molar-refractivity contribution in [1.29, 1.82) is 0 Å². The third-order valence-corrected chi connectivity index (χ3v) is 6.25. The van der Waals surface area contributed by atoms with Crippen LogP contribution in [0.5, 0.6) is 0 Å². The summed E-state index contributed by atoms with van der Waals surface area (Å²) in [7, 11) is 0. The predicted molar refractivity (Wildman–Crippen MR) is 89.4 cm³/mol. The molecule has 0 aromatic rings. The van der Waals surface area contributed by atoms with Crippen LogP contribution in [0.3, 0.4) is 0 Å². The number of hydrogen-bond donors (Lipinski definition) is 2. The van der Waals surface area contributed by atoms with E-state index in [0.29, 0.717) is 24.2 Å². The molecule has 5 atom stereocenters. The Hall–Kier alpha value is -0.240. The van der Waals surface area contributed by atoms with E-state index < -0.39 is 5.66 Å². The number of ether oxygens (including phenoxy) is 4. The molecule has 4 aliphatic rings. The Kier molecular flexibility index (Phi) is 4.65. The highest BCUT2D eigenvalue weighted by Crippen LogP contribution is 2.53. The molecule has 4 rings (SSSR count). The van der Waals surface area contributed by atoms with Crippen molar-refractivity contribution in [2.75, 3.05) is 26.4 Å². The SMILES string of the molecule is CCCC(CC1CO1)C(CC1CO1)(CC1CO1)C(N)(N)CC1CO1. The van der Waals surface area contributed by atoms with Crippen LogP contribution in [0.15, 0.2) is 0 Å². The summed E-state index contributed by atoms with van der Waals surface area (Å²) < 4.78 is 22.3. The molecule has 0 amide bonds. The van der Waals surface area contributed by atoms with Crippen LogP contribution in [0.4, 0.5) is 0 Å². The first-order chi connectivity index (χ1) is 11.5. The summed E-state index contributed by atoms with van der Waals surface area (Å²) >= 11 is 0. The minimum absolute atomic E-state index is 0.177. The van der Waals surface area contributed by atoms with E-state index >= 15 is 0 Å². The van der Waals surface area contributed by atoms with Crippen molar-refractivity contribution in [2.45, 2.75) is 75.5 Å². The second-order valence-corrected chi connectivity index (χ2v) is 8.35. The van der Waals surface area contributed by atoms with Gasteiger partial charge in [0.2, 0.25) is 0 Å². The van der Waals surface area contributed by atoms with Gasteiger partial charge in [0.15, 0.2) is 0 Å². The van der Waals surface area contributed by atoms with Gasteiger partial charge in [-0.3, -0.25) is 0 Å². The minimum Gasteiger partial charge on any atom is -0.373 e. The smallest absolute Gasteiger partial charge is 0.0840 e. The van der Waals surface area contributed by atoms with E-state index in [2.05, 4.69) is 6.92 Å². The topological polar surface area (TPSA) is 102 Å². The van der Waals surface area contributed by atoms with Gasteiger partial charge in [-0.05, 0) is 31.6 Å². The molecular weight excluding hydrogens is 308 g/mol. The van der Waals surface area contributed by atoms with Gasteiger partial charge in [-0.25, -0.2) is 0 Å². The van der Waals surface area contributed by atoms with Crippen LogP contribution < -0.4 is 11.5 Å². The fraction of sp³-hybridized carbons (Fsp3) is 1.00. The van der Waals surface area contributed by atoms with E-state index in [0.717, 1.165) is 65.0 Å². The maximum Gasteiger partial charge on any atom is 0.0840 e. The average molecular weight is 340 g/mol. The van der Waals surface area contributed by atoms with Crippen molar-refractivity contribution >= 4 is 0 Å². The number of epoxide rings is 4. The summed E-state index contributed by atoms with van der Waals surface area (Å²) in [6.07, 6.45) is 7.10. The number of rotatable bonds is 12. The Morgan fingerprint density at radius 1 is 0.833 bits per heavy atom. The summed E-state index contributed by atoms with van der Waals surface area (Å²) in [6.45, 7) is 5.58. The van der Waals surface area contributed by atoms with Crippen molar-refractivity contribution in [3.05, 3.63) is 0 Å². The second-order valence-electron chi connectivity index (χ2n) is 8.35. The molecular formula is C18H32N2O4. The molecule has 0 aromatic carbocycles. The van der Waals surface area contributed by atoms with Gasteiger partial charge >= 0.3 is 0 Å². The quantitative estimate of drug-likeness (QED) is 0.408. The molecule has 5 unspecified atom stereocenters. The normalized spacial score (nSPS) is 37.6.